The summed E-state index contributed by atoms with van der Waals surface area (Å²) in [5, 5.41) is 29.9. The lowest BCUT2D eigenvalue weighted by Crippen LogP contribution is -2.04. The standard InChI is InChI=1S/C29H20N6O3/c36-27-24(15-18-7-1-2-9-21(18)26(27)29(37)38)34-33-19-11-12-25-23(16-19)32-28(22-10-4-6-14-31-22)35(25)17-20-8-3-5-13-30-20/h1-16,36H,17H2,(H,37,38)/b34-33+. The number of nitrogens with zero attached hydrogens (tertiary/aromatic N) is 6. The van der Waals surface area contributed by atoms with Gasteiger partial charge in [0.25, 0.3) is 0 Å². The number of phenols is 1. The average molecular weight is 501 g/mol. The van der Waals surface area contributed by atoms with E-state index in [-0.39, 0.29) is 11.3 Å². The van der Waals surface area contributed by atoms with Gasteiger partial charge < -0.3 is 14.8 Å². The molecule has 6 rings (SSSR count). The van der Waals surface area contributed by atoms with Gasteiger partial charge in [-0.1, -0.05) is 36.4 Å². The Hall–Kier alpha value is -5.44. The van der Waals surface area contributed by atoms with Crippen LogP contribution in [0.25, 0.3) is 33.3 Å². The van der Waals surface area contributed by atoms with E-state index in [0.29, 0.717) is 34.3 Å². The molecule has 3 heterocycles. The molecule has 0 saturated heterocycles. The van der Waals surface area contributed by atoms with E-state index in [4.69, 9.17) is 4.98 Å². The molecule has 6 aromatic rings. The van der Waals surface area contributed by atoms with Gasteiger partial charge in [-0.15, -0.1) is 5.11 Å². The quantitative estimate of drug-likeness (QED) is 0.251. The summed E-state index contributed by atoms with van der Waals surface area (Å²) in [6, 6.07) is 25.4. The molecule has 0 aliphatic carbocycles. The van der Waals surface area contributed by atoms with Gasteiger partial charge in [-0.2, -0.15) is 5.11 Å². The summed E-state index contributed by atoms with van der Waals surface area (Å²) < 4.78 is 2.05. The van der Waals surface area contributed by atoms with Crippen molar-refractivity contribution >= 4 is 39.1 Å². The predicted octanol–water partition coefficient (Wildman–Crippen LogP) is 6.51. The van der Waals surface area contributed by atoms with Gasteiger partial charge in [0.05, 0.1) is 29.0 Å². The van der Waals surface area contributed by atoms with Gasteiger partial charge >= 0.3 is 5.97 Å². The molecule has 9 nitrogen and oxygen atoms in total. The van der Waals surface area contributed by atoms with Crippen molar-refractivity contribution in [3.8, 4) is 17.3 Å². The van der Waals surface area contributed by atoms with Crippen molar-refractivity contribution in [2.24, 2.45) is 10.2 Å². The van der Waals surface area contributed by atoms with E-state index < -0.39 is 11.7 Å². The van der Waals surface area contributed by atoms with E-state index in [0.717, 1.165) is 16.9 Å². The third kappa shape index (κ3) is 4.22. The Morgan fingerprint density at radius 1 is 0.868 bits per heavy atom. The van der Waals surface area contributed by atoms with Gasteiger partial charge in [0, 0.05) is 17.8 Å². The second-order valence-electron chi connectivity index (χ2n) is 8.58. The number of rotatable bonds is 6. The smallest absolute Gasteiger partial charge is 0.340 e. The summed E-state index contributed by atoms with van der Waals surface area (Å²) in [6.45, 7) is 0.507. The predicted molar refractivity (Wildman–Crippen MR) is 143 cm³/mol. The van der Waals surface area contributed by atoms with Crippen LogP contribution in [0.5, 0.6) is 5.75 Å². The van der Waals surface area contributed by atoms with E-state index in [1.165, 1.54) is 0 Å². The first kappa shape index (κ1) is 23.0. The van der Waals surface area contributed by atoms with Crippen molar-refractivity contribution in [2.45, 2.75) is 6.54 Å². The number of pyridine rings is 2. The van der Waals surface area contributed by atoms with Gasteiger partial charge in [0.15, 0.2) is 11.6 Å². The molecule has 0 radical (unpaired) electrons. The third-order valence-corrected chi connectivity index (χ3v) is 6.16. The second-order valence-corrected chi connectivity index (χ2v) is 8.58. The van der Waals surface area contributed by atoms with Gasteiger partial charge in [0.1, 0.15) is 16.9 Å². The monoisotopic (exact) mass is 500 g/mol. The molecule has 0 fully saturated rings. The number of carbonyl (C=O) groups is 1. The number of aromatic hydroxyl groups is 1. The number of azo groups is 1. The normalized spacial score (nSPS) is 11.5. The minimum absolute atomic E-state index is 0.0658. The van der Waals surface area contributed by atoms with E-state index in [1.54, 1.807) is 54.9 Å². The number of aromatic nitrogens is 4. The Morgan fingerprint density at radius 2 is 1.66 bits per heavy atom. The Balaban J connectivity index is 1.43. The van der Waals surface area contributed by atoms with E-state index in [2.05, 4.69) is 24.8 Å². The number of benzene rings is 3. The summed E-state index contributed by atoms with van der Waals surface area (Å²) in [5.41, 5.74) is 3.52. The van der Waals surface area contributed by atoms with Crippen LogP contribution in [0.4, 0.5) is 11.4 Å². The largest absolute Gasteiger partial charge is 0.505 e. The average Bonchev–Trinajstić information content (AvgIpc) is 3.30. The Kier molecular flexibility index (Phi) is 5.78. The zero-order valence-corrected chi connectivity index (χ0v) is 19.9. The first-order chi connectivity index (χ1) is 18.6. The maximum atomic E-state index is 11.8. The maximum Gasteiger partial charge on any atom is 0.340 e. The number of carboxylic acid groups (broad SMARTS) is 1. The van der Waals surface area contributed by atoms with Crippen LogP contribution in [0, 0.1) is 0 Å². The number of hydrogen-bond acceptors (Lipinski definition) is 7. The van der Waals surface area contributed by atoms with Crippen LogP contribution in [0.1, 0.15) is 16.1 Å². The molecule has 0 spiro atoms. The molecule has 0 aliphatic heterocycles. The summed E-state index contributed by atoms with van der Waals surface area (Å²) in [4.78, 5) is 25.6. The van der Waals surface area contributed by atoms with Crippen molar-refractivity contribution in [3.05, 3.63) is 109 Å². The summed E-state index contributed by atoms with van der Waals surface area (Å²) in [6.07, 6.45) is 3.48. The maximum absolute atomic E-state index is 11.8. The van der Waals surface area contributed by atoms with Gasteiger partial charge in [-0.25, -0.2) is 9.78 Å². The topological polar surface area (TPSA) is 126 Å². The fourth-order valence-corrected chi connectivity index (χ4v) is 4.41. The van der Waals surface area contributed by atoms with E-state index in [1.807, 2.05) is 42.5 Å². The Bertz CT molecular complexity index is 1830. The van der Waals surface area contributed by atoms with E-state index >= 15 is 0 Å². The first-order valence-corrected chi connectivity index (χ1v) is 11.8. The van der Waals surface area contributed by atoms with Crippen LogP contribution >= 0.6 is 0 Å². The second kappa shape index (κ2) is 9.55. The highest BCUT2D eigenvalue weighted by atomic mass is 16.4. The highest BCUT2D eigenvalue weighted by molar-refractivity contribution is 6.08. The Labute approximate surface area is 216 Å². The number of carboxylic acids is 1. The molecule has 9 heteroatoms. The molecule has 2 N–H and O–H groups in total. The molecular weight excluding hydrogens is 480 g/mol. The van der Waals surface area contributed by atoms with Crippen molar-refractivity contribution in [1.29, 1.82) is 0 Å². The van der Waals surface area contributed by atoms with Crippen molar-refractivity contribution < 1.29 is 15.0 Å². The number of aromatic carboxylic acids is 1. The fraction of sp³-hybridized carbons (Fsp3) is 0.0345. The first-order valence-electron chi connectivity index (χ1n) is 11.8. The molecule has 0 bridgehead atoms. The van der Waals surface area contributed by atoms with Crippen LogP contribution in [0.3, 0.4) is 0 Å². The lowest BCUT2D eigenvalue weighted by atomic mass is 10.0. The molecule has 0 saturated carbocycles. The summed E-state index contributed by atoms with van der Waals surface area (Å²) in [5.74, 6) is -0.977. The SMILES string of the molecule is O=C(O)c1c(O)c(/N=N/c2ccc3c(c2)nc(-c2ccccn2)n3Cc2ccccn2)cc2ccccc12. The van der Waals surface area contributed by atoms with Crippen molar-refractivity contribution in [3.63, 3.8) is 0 Å². The number of hydrogen-bond donors (Lipinski definition) is 2. The zero-order chi connectivity index (χ0) is 26.1. The minimum Gasteiger partial charge on any atom is -0.505 e. The van der Waals surface area contributed by atoms with Crippen molar-refractivity contribution in [1.82, 2.24) is 19.5 Å². The van der Waals surface area contributed by atoms with Crippen LogP contribution in [0.15, 0.2) is 108 Å². The van der Waals surface area contributed by atoms with Crippen LogP contribution in [0.2, 0.25) is 0 Å². The van der Waals surface area contributed by atoms with E-state index in [9.17, 15) is 15.0 Å². The summed E-state index contributed by atoms with van der Waals surface area (Å²) >= 11 is 0. The molecule has 0 atom stereocenters. The van der Waals surface area contributed by atoms with Gasteiger partial charge in [-0.3, -0.25) is 9.97 Å². The Morgan fingerprint density at radius 3 is 2.42 bits per heavy atom. The molecule has 184 valence electrons. The molecule has 0 amide bonds. The van der Waals surface area contributed by atoms with Gasteiger partial charge in [0.2, 0.25) is 0 Å². The lowest BCUT2D eigenvalue weighted by Gasteiger charge is -2.08. The molecular formula is C29H20N6O3. The molecule has 0 aliphatic rings. The van der Waals surface area contributed by atoms with Crippen molar-refractivity contribution in [2.75, 3.05) is 0 Å². The summed E-state index contributed by atoms with van der Waals surface area (Å²) in [7, 11) is 0. The molecule has 38 heavy (non-hydrogen) atoms. The van der Waals surface area contributed by atoms with Crippen LogP contribution < -0.4 is 0 Å². The zero-order valence-electron chi connectivity index (χ0n) is 19.9. The molecule has 0 unspecified atom stereocenters. The van der Waals surface area contributed by atoms with Crippen LogP contribution in [-0.4, -0.2) is 35.7 Å². The molecule has 3 aromatic carbocycles. The highest BCUT2D eigenvalue weighted by Gasteiger charge is 2.19. The third-order valence-electron chi connectivity index (χ3n) is 6.16. The fourth-order valence-electron chi connectivity index (χ4n) is 4.41. The minimum atomic E-state index is -1.24. The van der Waals surface area contributed by atoms with Crippen LogP contribution in [-0.2, 0) is 6.54 Å². The van der Waals surface area contributed by atoms with Gasteiger partial charge in [-0.05, 0) is 53.9 Å². The lowest BCUT2D eigenvalue weighted by molar-refractivity contribution is 0.0696. The highest BCUT2D eigenvalue weighted by Crippen LogP contribution is 2.38. The molecule has 3 aromatic heterocycles. The number of imidazole rings is 1. The number of fused-ring (bicyclic) bond motifs is 2.